The maximum Gasteiger partial charge on any atom is 0.353 e. The van der Waals surface area contributed by atoms with E-state index < -0.39 is 5.97 Å². The van der Waals surface area contributed by atoms with Gasteiger partial charge in [0.05, 0.1) is 7.11 Å². The zero-order valence-electron chi connectivity index (χ0n) is 7.36. The van der Waals surface area contributed by atoms with Gasteiger partial charge in [0.1, 0.15) is 5.70 Å². The van der Waals surface area contributed by atoms with Crippen LogP contribution in [0.3, 0.4) is 0 Å². The molecule has 1 aromatic rings. The van der Waals surface area contributed by atoms with Crippen molar-refractivity contribution in [2.75, 3.05) is 7.11 Å². The molecule has 1 aromatic carbocycles. The fourth-order valence-corrected chi connectivity index (χ4v) is 0.906. The fourth-order valence-electron chi connectivity index (χ4n) is 0.906. The molecule has 0 aliphatic carbocycles. The van der Waals surface area contributed by atoms with E-state index in [1.165, 1.54) is 7.11 Å². The monoisotopic (exact) mass is 177 g/mol. The first-order valence-electron chi connectivity index (χ1n) is 3.84. The van der Waals surface area contributed by atoms with Crippen molar-refractivity contribution in [3.05, 3.63) is 41.6 Å². The van der Waals surface area contributed by atoms with E-state index in [0.29, 0.717) is 0 Å². The highest BCUT2D eigenvalue weighted by atomic mass is 16.5. The van der Waals surface area contributed by atoms with E-state index in [-0.39, 0.29) is 5.70 Å². The number of hydrogen-bond acceptors (Lipinski definition) is 3. The molecule has 0 spiro atoms. The first-order valence-corrected chi connectivity index (χ1v) is 3.84. The maximum absolute atomic E-state index is 10.9. The van der Waals surface area contributed by atoms with Gasteiger partial charge in [-0.3, -0.25) is 0 Å². The fraction of sp³-hybridized carbons (Fsp3) is 0.100. The van der Waals surface area contributed by atoms with Crippen molar-refractivity contribution in [2.24, 2.45) is 5.73 Å². The molecular weight excluding hydrogens is 166 g/mol. The number of esters is 1. The first kappa shape index (κ1) is 9.32. The molecule has 0 aliphatic heterocycles. The molecule has 0 bridgehead atoms. The summed E-state index contributed by atoms with van der Waals surface area (Å²) in [5.74, 6) is -0.510. The Hall–Kier alpha value is -1.77. The van der Waals surface area contributed by atoms with Crippen LogP contribution in [0.1, 0.15) is 5.56 Å². The summed E-state index contributed by atoms with van der Waals surface area (Å²) in [5.41, 5.74) is 6.43. The topological polar surface area (TPSA) is 52.3 Å². The lowest BCUT2D eigenvalue weighted by atomic mass is 10.2. The first-order chi connectivity index (χ1) is 6.24. The second-order valence-electron chi connectivity index (χ2n) is 2.50. The normalized spacial score (nSPS) is 11.0. The minimum atomic E-state index is -0.510. The van der Waals surface area contributed by atoms with Crippen molar-refractivity contribution < 1.29 is 9.53 Å². The average Bonchev–Trinajstić information content (AvgIpc) is 2.18. The molecule has 0 saturated heterocycles. The number of carbonyl (C=O) groups excluding carboxylic acids is 1. The molecule has 0 heterocycles. The van der Waals surface area contributed by atoms with Crippen LogP contribution in [0, 0.1) is 0 Å². The van der Waals surface area contributed by atoms with Gasteiger partial charge in [0.2, 0.25) is 0 Å². The van der Waals surface area contributed by atoms with Crippen LogP contribution in [0.4, 0.5) is 0 Å². The minimum absolute atomic E-state index is 0.105. The summed E-state index contributed by atoms with van der Waals surface area (Å²) in [6.07, 6.45) is 1.58. The van der Waals surface area contributed by atoms with E-state index in [1.807, 2.05) is 30.3 Å². The molecule has 3 nitrogen and oxygen atoms in total. The van der Waals surface area contributed by atoms with E-state index in [1.54, 1.807) is 6.08 Å². The van der Waals surface area contributed by atoms with Crippen LogP contribution in [0.2, 0.25) is 0 Å². The zero-order chi connectivity index (χ0) is 9.68. The van der Waals surface area contributed by atoms with Gasteiger partial charge in [0.15, 0.2) is 0 Å². The van der Waals surface area contributed by atoms with Crippen LogP contribution in [0.25, 0.3) is 6.08 Å². The van der Waals surface area contributed by atoms with Crippen LogP contribution in [-0.4, -0.2) is 13.1 Å². The summed E-state index contributed by atoms with van der Waals surface area (Å²) in [6, 6.07) is 9.35. The lowest BCUT2D eigenvalue weighted by molar-refractivity contribution is -0.136. The maximum atomic E-state index is 10.9. The van der Waals surface area contributed by atoms with Crippen LogP contribution < -0.4 is 5.73 Å². The highest BCUT2D eigenvalue weighted by molar-refractivity contribution is 5.92. The van der Waals surface area contributed by atoms with E-state index in [2.05, 4.69) is 4.74 Å². The number of nitrogens with two attached hydrogens (primary N) is 1. The molecule has 0 amide bonds. The van der Waals surface area contributed by atoms with E-state index in [0.717, 1.165) is 5.56 Å². The molecular formula is C10H11NO2. The molecule has 0 fully saturated rings. The van der Waals surface area contributed by atoms with Crippen LogP contribution >= 0.6 is 0 Å². The van der Waals surface area contributed by atoms with Gasteiger partial charge in [-0.25, -0.2) is 4.79 Å². The zero-order valence-corrected chi connectivity index (χ0v) is 7.36. The Morgan fingerprint density at radius 2 is 2.00 bits per heavy atom. The van der Waals surface area contributed by atoms with Gasteiger partial charge in [-0.05, 0) is 11.6 Å². The third-order valence-electron chi connectivity index (χ3n) is 1.54. The second-order valence-corrected chi connectivity index (χ2v) is 2.50. The minimum Gasteiger partial charge on any atom is -0.464 e. The van der Waals surface area contributed by atoms with E-state index in [9.17, 15) is 4.79 Å². The molecule has 0 aromatic heterocycles. The van der Waals surface area contributed by atoms with Crippen molar-refractivity contribution in [1.29, 1.82) is 0 Å². The van der Waals surface area contributed by atoms with E-state index in [4.69, 9.17) is 5.73 Å². The molecule has 2 N–H and O–H groups in total. The summed E-state index contributed by atoms with van der Waals surface area (Å²) in [7, 11) is 1.30. The number of methoxy groups -OCH3 is 1. The Bertz CT molecular complexity index is 317. The Kier molecular flexibility index (Phi) is 3.09. The third kappa shape index (κ3) is 2.63. The molecule has 0 radical (unpaired) electrons. The Morgan fingerprint density at radius 1 is 1.38 bits per heavy atom. The van der Waals surface area contributed by atoms with Crippen molar-refractivity contribution in [1.82, 2.24) is 0 Å². The smallest absolute Gasteiger partial charge is 0.353 e. The van der Waals surface area contributed by atoms with Crippen molar-refractivity contribution in [2.45, 2.75) is 0 Å². The highest BCUT2D eigenvalue weighted by Gasteiger charge is 2.02. The van der Waals surface area contributed by atoms with Gasteiger partial charge in [-0.2, -0.15) is 0 Å². The van der Waals surface area contributed by atoms with Crippen molar-refractivity contribution >= 4 is 12.0 Å². The lowest BCUT2D eigenvalue weighted by Crippen LogP contribution is -2.12. The summed E-state index contributed by atoms with van der Waals surface area (Å²) < 4.78 is 4.45. The summed E-state index contributed by atoms with van der Waals surface area (Å²) in [4.78, 5) is 10.9. The molecule has 0 saturated carbocycles. The van der Waals surface area contributed by atoms with Gasteiger partial charge >= 0.3 is 5.97 Å². The average molecular weight is 177 g/mol. The Morgan fingerprint density at radius 3 is 2.54 bits per heavy atom. The largest absolute Gasteiger partial charge is 0.464 e. The standard InChI is InChI=1S/C10H11NO2/c1-13-10(12)9(11)7-8-5-3-2-4-6-8/h2-7H,11H2,1H3. The number of carbonyl (C=O) groups is 1. The molecule has 3 heteroatoms. The van der Waals surface area contributed by atoms with Crippen LogP contribution in [-0.2, 0) is 9.53 Å². The summed E-state index contributed by atoms with van der Waals surface area (Å²) >= 11 is 0. The Balaban J connectivity index is 2.83. The third-order valence-corrected chi connectivity index (χ3v) is 1.54. The summed E-state index contributed by atoms with van der Waals surface area (Å²) in [6.45, 7) is 0. The van der Waals surface area contributed by atoms with E-state index >= 15 is 0 Å². The SMILES string of the molecule is COC(=O)C(N)=Cc1ccccc1. The molecule has 68 valence electrons. The van der Waals surface area contributed by atoms with Gasteiger partial charge in [-0.1, -0.05) is 30.3 Å². The number of hydrogen-bond donors (Lipinski definition) is 1. The van der Waals surface area contributed by atoms with Gasteiger partial charge in [0, 0.05) is 0 Å². The molecule has 0 atom stereocenters. The molecule has 1 rings (SSSR count). The van der Waals surface area contributed by atoms with Crippen LogP contribution in [0.15, 0.2) is 36.0 Å². The van der Waals surface area contributed by atoms with Gasteiger partial charge in [0.25, 0.3) is 0 Å². The lowest BCUT2D eigenvalue weighted by Gasteiger charge is -1.98. The molecule has 0 unspecified atom stereocenters. The van der Waals surface area contributed by atoms with Crippen LogP contribution in [0.5, 0.6) is 0 Å². The molecule has 0 aliphatic rings. The van der Waals surface area contributed by atoms with Crippen molar-refractivity contribution in [3.8, 4) is 0 Å². The number of rotatable bonds is 2. The molecule has 13 heavy (non-hydrogen) atoms. The van der Waals surface area contributed by atoms with Gasteiger partial charge in [-0.15, -0.1) is 0 Å². The highest BCUT2D eigenvalue weighted by Crippen LogP contribution is 2.03. The number of benzene rings is 1. The Labute approximate surface area is 76.8 Å². The second kappa shape index (κ2) is 4.30. The van der Waals surface area contributed by atoms with Crippen molar-refractivity contribution in [3.63, 3.8) is 0 Å². The quantitative estimate of drug-likeness (QED) is 0.544. The predicted molar refractivity (Wildman–Crippen MR) is 50.6 cm³/mol. The van der Waals surface area contributed by atoms with Gasteiger partial charge < -0.3 is 10.5 Å². The predicted octanol–water partition coefficient (Wildman–Crippen LogP) is 1.16. The summed E-state index contributed by atoms with van der Waals surface area (Å²) in [5, 5.41) is 0. The number of ether oxygens (including phenoxy) is 1.